The van der Waals surface area contributed by atoms with Gasteiger partial charge in [-0.1, -0.05) is 208 Å². The average Bonchev–Trinajstić information content (AvgIpc) is 4.03. The van der Waals surface area contributed by atoms with Crippen molar-refractivity contribution in [2.24, 2.45) is 0 Å². The van der Waals surface area contributed by atoms with E-state index < -0.39 is 13.5 Å². The fourth-order valence-corrected chi connectivity index (χ4v) is 19.3. The van der Waals surface area contributed by atoms with Gasteiger partial charge in [0.1, 0.15) is 0 Å². The van der Waals surface area contributed by atoms with E-state index in [0.717, 1.165) is 5.69 Å². The molecule has 0 aromatic heterocycles. The van der Waals surface area contributed by atoms with E-state index in [9.17, 15) is 0 Å². The number of hydrogen-bond acceptors (Lipinski definition) is 1. The van der Waals surface area contributed by atoms with Crippen molar-refractivity contribution in [2.45, 2.75) is 24.7 Å². The summed E-state index contributed by atoms with van der Waals surface area (Å²) in [5, 5.41) is 6.03. The van der Waals surface area contributed by atoms with E-state index in [1.165, 1.54) is 121 Å². The Morgan fingerprint density at radius 2 is 0.758 bits per heavy atom. The summed E-state index contributed by atoms with van der Waals surface area (Å²) in [5.74, 6) is 0. The van der Waals surface area contributed by atoms with Gasteiger partial charge in [0.2, 0.25) is 0 Å². The molecule has 0 amide bonds. The molecule has 0 N–H and O–H groups in total. The molecule has 66 heavy (non-hydrogen) atoms. The molecule has 2 spiro atoms. The van der Waals surface area contributed by atoms with E-state index in [0.29, 0.717) is 0 Å². The molecule has 3 heterocycles. The first-order valence-electron chi connectivity index (χ1n) is 23.4. The minimum atomic E-state index is -2.55. The fourth-order valence-electron chi connectivity index (χ4n) is 13.7. The first-order valence-corrected chi connectivity index (χ1v) is 25.4. The first kappa shape index (κ1) is 36.5. The van der Waals surface area contributed by atoms with Crippen LogP contribution in [0.1, 0.15) is 47.2 Å². The zero-order chi connectivity index (χ0) is 43.5. The zero-order valence-electron chi connectivity index (χ0n) is 36.8. The molecule has 15 rings (SSSR count). The monoisotopic (exact) mass is 853 g/mol. The summed E-state index contributed by atoms with van der Waals surface area (Å²) in [5.41, 5.74) is 24.5. The van der Waals surface area contributed by atoms with E-state index >= 15 is 0 Å². The Morgan fingerprint density at radius 1 is 0.303 bits per heavy atom. The molecular formula is C64H43NSi. The molecule has 2 aliphatic carbocycles. The van der Waals surface area contributed by atoms with Gasteiger partial charge in [0, 0.05) is 11.1 Å². The summed E-state index contributed by atoms with van der Waals surface area (Å²) in [7, 11) is -2.55. The average molecular weight is 854 g/mol. The lowest BCUT2D eigenvalue weighted by atomic mass is 9.64. The number of para-hydroxylation sites is 1. The molecule has 1 nitrogen and oxygen atoms in total. The Morgan fingerprint density at radius 3 is 1.35 bits per heavy atom. The van der Waals surface area contributed by atoms with Gasteiger partial charge in [-0.2, -0.15) is 0 Å². The lowest BCUT2D eigenvalue weighted by Gasteiger charge is -2.45. The van der Waals surface area contributed by atoms with Gasteiger partial charge in [-0.3, -0.25) is 0 Å². The van der Waals surface area contributed by atoms with Crippen LogP contribution in [0.25, 0.3) is 55.6 Å². The topological polar surface area (TPSA) is 3.24 Å². The second-order valence-electron chi connectivity index (χ2n) is 19.5. The maximum atomic E-state index is 2.58. The highest BCUT2D eigenvalue weighted by Crippen LogP contribution is 2.65. The maximum absolute atomic E-state index is 2.58. The van der Waals surface area contributed by atoms with Crippen molar-refractivity contribution in [1.82, 2.24) is 0 Å². The number of anilines is 3. The van der Waals surface area contributed by atoms with E-state index in [1.54, 1.807) is 0 Å². The smallest absolute Gasteiger partial charge is 0.182 e. The predicted octanol–water partition coefficient (Wildman–Crippen LogP) is 13.1. The van der Waals surface area contributed by atoms with E-state index in [1.807, 2.05) is 0 Å². The van der Waals surface area contributed by atoms with Crippen molar-refractivity contribution in [1.29, 1.82) is 0 Å². The molecule has 10 aromatic carbocycles. The number of fused-ring (bicyclic) bond motifs is 22. The van der Waals surface area contributed by atoms with Crippen molar-refractivity contribution in [3.05, 3.63) is 258 Å². The van der Waals surface area contributed by atoms with Crippen LogP contribution in [0.15, 0.2) is 224 Å². The van der Waals surface area contributed by atoms with Gasteiger partial charge >= 0.3 is 0 Å². The van der Waals surface area contributed by atoms with Crippen LogP contribution < -0.4 is 25.6 Å². The Bertz CT molecular complexity index is 3650. The van der Waals surface area contributed by atoms with Crippen LogP contribution in [-0.4, -0.2) is 8.07 Å². The number of hydrogen-bond donors (Lipinski definition) is 0. The van der Waals surface area contributed by atoms with Gasteiger partial charge in [-0.05, 0) is 140 Å². The summed E-state index contributed by atoms with van der Waals surface area (Å²) in [6.07, 6.45) is 0. The van der Waals surface area contributed by atoms with Crippen molar-refractivity contribution in [2.75, 3.05) is 4.90 Å². The predicted molar refractivity (Wildman–Crippen MR) is 277 cm³/mol. The van der Waals surface area contributed by atoms with Crippen LogP contribution in [0.3, 0.4) is 0 Å². The van der Waals surface area contributed by atoms with Gasteiger partial charge in [-0.15, -0.1) is 0 Å². The minimum absolute atomic E-state index is 0.152. The molecule has 2 heteroatoms. The van der Waals surface area contributed by atoms with Crippen molar-refractivity contribution >= 4 is 45.9 Å². The zero-order valence-corrected chi connectivity index (χ0v) is 37.8. The Labute approximate surface area is 387 Å². The van der Waals surface area contributed by atoms with Crippen molar-refractivity contribution in [3.63, 3.8) is 0 Å². The van der Waals surface area contributed by atoms with Crippen molar-refractivity contribution in [3.8, 4) is 55.6 Å². The summed E-state index contributed by atoms with van der Waals surface area (Å²) >= 11 is 0. The van der Waals surface area contributed by atoms with Crippen LogP contribution in [0.2, 0.25) is 0 Å². The van der Waals surface area contributed by atoms with Crippen LogP contribution >= 0.6 is 0 Å². The standard InChI is InChI=1S/C64H43NSi/c1-63(2)51-23-9-3-19-45(51)50-38-56-58(39-55(50)63)65(57-27-13-12-26-54(57)64(56)52-24-10-4-17-43(52)44-18-5-11-25-53(44)64)42-34-31-40(32-35-42)41-33-36-49-48-22-8-16-30-61(48)66(62(49)37-41)59-28-14-6-20-46(59)47-21-7-15-29-60(47)66/h3-39H,1-2H3. The summed E-state index contributed by atoms with van der Waals surface area (Å²) in [4.78, 5) is 2.57. The number of nitrogens with zero attached hydrogens (tertiary/aromatic N) is 1. The second-order valence-corrected chi connectivity index (χ2v) is 23.1. The van der Waals surface area contributed by atoms with Crippen LogP contribution in [-0.2, 0) is 10.8 Å². The Kier molecular flexibility index (Phi) is 7.04. The molecule has 0 saturated heterocycles. The third-order valence-corrected chi connectivity index (χ3v) is 21.3. The summed E-state index contributed by atoms with van der Waals surface area (Å²) in [6.45, 7) is 4.81. The Balaban J connectivity index is 0.936. The third-order valence-electron chi connectivity index (χ3n) is 16.3. The van der Waals surface area contributed by atoms with Gasteiger partial charge in [0.05, 0.1) is 16.8 Å². The minimum Gasteiger partial charge on any atom is -0.310 e. The molecule has 0 radical (unpaired) electrons. The largest absolute Gasteiger partial charge is 0.310 e. The van der Waals surface area contributed by atoms with Gasteiger partial charge < -0.3 is 4.90 Å². The molecule has 0 saturated carbocycles. The fraction of sp³-hybridized carbons (Fsp3) is 0.0625. The van der Waals surface area contributed by atoms with E-state index in [2.05, 4.69) is 243 Å². The maximum Gasteiger partial charge on any atom is 0.182 e. The van der Waals surface area contributed by atoms with Crippen LogP contribution in [0, 0.1) is 0 Å². The van der Waals surface area contributed by atoms with Crippen molar-refractivity contribution < 1.29 is 0 Å². The second kappa shape index (κ2) is 12.7. The van der Waals surface area contributed by atoms with Crippen LogP contribution in [0.5, 0.6) is 0 Å². The summed E-state index contributed by atoms with van der Waals surface area (Å²) < 4.78 is 0. The Hall–Kier alpha value is -7.78. The molecule has 0 unspecified atom stereocenters. The molecule has 3 aliphatic heterocycles. The lowest BCUT2D eigenvalue weighted by Crippen LogP contribution is -2.70. The third kappa shape index (κ3) is 4.28. The molecule has 308 valence electrons. The molecular weight excluding hydrogens is 811 g/mol. The molecule has 0 fully saturated rings. The molecule has 0 atom stereocenters. The highest BCUT2D eigenvalue weighted by Gasteiger charge is 2.55. The summed E-state index contributed by atoms with van der Waals surface area (Å²) in [6, 6.07) is 86.2. The highest BCUT2D eigenvalue weighted by atomic mass is 28.3. The van der Waals surface area contributed by atoms with Gasteiger partial charge in [0.25, 0.3) is 0 Å². The van der Waals surface area contributed by atoms with Crippen LogP contribution in [0.4, 0.5) is 17.1 Å². The molecule has 10 aromatic rings. The number of rotatable bonds is 2. The first-order chi connectivity index (χ1) is 32.5. The van der Waals surface area contributed by atoms with Gasteiger partial charge in [0.15, 0.2) is 8.07 Å². The lowest BCUT2D eigenvalue weighted by molar-refractivity contribution is 0.658. The van der Waals surface area contributed by atoms with Gasteiger partial charge in [-0.25, -0.2) is 0 Å². The quantitative estimate of drug-likeness (QED) is 0.157. The normalized spacial score (nSPS) is 15.8. The molecule has 0 bridgehead atoms. The number of benzene rings is 10. The van der Waals surface area contributed by atoms with E-state index in [4.69, 9.17) is 0 Å². The highest BCUT2D eigenvalue weighted by molar-refractivity contribution is 7.24. The SMILES string of the molecule is CC1(C)c2ccccc2-c2cc3c(cc21)N(c1ccc(-c2ccc4c(c2)[Si]2(c5ccccc5-c5ccccc52)c2ccccc2-4)cc1)c1ccccc1C31c2ccccc2-c2ccccc21. The van der Waals surface area contributed by atoms with E-state index in [-0.39, 0.29) is 5.41 Å². The molecule has 5 aliphatic rings.